The van der Waals surface area contributed by atoms with Crippen molar-refractivity contribution in [2.24, 2.45) is 17.6 Å². The van der Waals surface area contributed by atoms with Gasteiger partial charge >= 0.3 is 0 Å². The highest BCUT2D eigenvalue weighted by molar-refractivity contribution is 9.10. The summed E-state index contributed by atoms with van der Waals surface area (Å²) in [7, 11) is 0. The SMILES string of the molecule is CC(C)CN(CC(C)C)c1cccc(Br)c1CN. The van der Waals surface area contributed by atoms with Gasteiger partial charge in [-0.3, -0.25) is 0 Å². The van der Waals surface area contributed by atoms with Crippen molar-refractivity contribution in [3.05, 3.63) is 28.2 Å². The summed E-state index contributed by atoms with van der Waals surface area (Å²) < 4.78 is 1.11. The molecule has 1 aromatic carbocycles. The maximum absolute atomic E-state index is 5.89. The molecule has 0 radical (unpaired) electrons. The normalized spacial score (nSPS) is 11.3. The third-order valence-electron chi connectivity index (χ3n) is 2.81. The van der Waals surface area contributed by atoms with Crippen molar-refractivity contribution < 1.29 is 0 Å². The number of anilines is 1. The number of hydrogen-bond acceptors (Lipinski definition) is 2. The van der Waals surface area contributed by atoms with Crippen molar-refractivity contribution in [2.45, 2.75) is 34.2 Å². The Morgan fingerprint density at radius 1 is 1.11 bits per heavy atom. The summed E-state index contributed by atoms with van der Waals surface area (Å²) in [5, 5.41) is 0. The lowest BCUT2D eigenvalue weighted by Crippen LogP contribution is -2.32. The van der Waals surface area contributed by atoms with Gasteiger partial charge in [-0.25, -0.2) is 0 Å². The molecule has 0 saturated heterocycles. The highest BCUT2D eigenvalue weighted by atomic mass is 79.9. The average Bonchev–Trinajstić information content (AvgIpc) is 2.26. The van der Waals surface area contributed by atoms with Crippen LogP contribution in [-0.4, -0.2) is 13.1 Å². The number of benzene rings is 1. The van der Waals surface area contributed by atoms with Gasteiger partial charge in [0.15, 0.2) is 0 Å². The second-order valence-electron chi connectivity index (χ2n) is 5.63. The van der Waals surface area contributed by atoms with E-state index in [1.165, 1.54) is 11.3 Å². The Kier molecular flexibility index (Phi) is 6.16. The van der Waals surface area contributed by atoms with E-state index in [9.17, 15) is 0 Å². The first kappa shape index (κ1) is 15.5. The molecule has 0 aliphatic carbocycles. The summed E-state index contributed by atoms with van der Waals surface area (Å²) in [4.78, 5) is 2.46. The first-order valence-corrected chi connectivity index (χ1v) is 7.47. The van der Waals surface area contributed by atoms with Crippen molar-refractivity contribution in [3.63, 3.8) is 0 Å². The average molecular weight is 313 g/mol. The molecule has 0 aliphatic rings. The smallest absolute Gasteiger partial charge is 0.0423 e. The Morgan fingerprint density at radius 3 is 2.11 bits per heavy atom. The fraction of sp³-hybridized carbons (Fsp3) is 0.600. The van der Waals surface area contributed by atoms with E-state index in [-0.39, 0.29) is 0 Å². The van der Waals surface area contributed by atoms with E-state index in [4.69, 9.17) is 5.73 Å². The summed E-state index contributed by atoms with van der Waals surface area (Å²) in [5.41, 5.74) is 8.37. The predicted octanol–water partition coefficient (Wildman–Crippen LogP) is 4.03. The maximum Gasteiger partial charge on any atom is 0.0423 e. The second-order valence-corrected chi connectivity index (χ2v) is 6.49. The molecule has 0 atom stereocenters. The molecule has 0 bridgehead atoms. The van der Waals surface area contributed by atoms with Gasteiger partial charge in [-0.1, -0.05) is 49.7 Å². The fourth-order valence-electron chi connectivity index (χ4n) is 2.20. The van der Waals surface area contributed by atoms with Crippen molar-refractivity contribution in [3.8, 4) is 0 Å². The van der Waals surface area contributed by atoms with Crippen LogP contribution in [0.25, 0.3) is 0 Å². The van der Waals surface area contributed by atoms with E-state index in [0.29, 0.717) is 18.4 Å². The molecule has 0 aliphatic heterocycles. The molecule has 3 heteroatoms. The molecule has 1 rings (SSSR count). The lowest BCUT2D eigenvalue weighted by Gasteiger charge is -2.30. The number of hydrogen-bond donors (Lipinski definition) is 1. The monoisotopic (exact) mass is 312 g/mol. The Morgan fingerprint density at radius 2 is 1.67 bits per heavy atom. The zero-order valence-corrected chi connectivity index (χ0v) is 13.5. The molecule has 0 fully saturated rings. The van der Waals surface area contributed by atoms with Crippen LogP contribution >= 0.6 is 15.9 Å². The van der Waals surface area contributed by atoms with Crippen molar-refractivity contribution in [2.75, 3.05) is 18.0 Å². The Labute approximate surface area is 120 Å². The van der Waals surface area contributed by atoms with E-state index >= 15 is 0 Å². The van der Waals surface area contributed by atoms with Crippen LogP contribution in [-0.2, 0) is 6.54 Å². The summed E-state index contributed by atoms with van der Waals surface area (Å²) in [5.74, 6) is 1.29. The highest BCUT2D eigenvalue weighted by Crippen LogP contribution is 2.28. The van der Waals surface area contributed by atoms with Crippen LogP contribution < -0.4 is 10.6 Å². The zero-order valence-electron chi connectivity index (χ0n) is 11.9. The van der Waals surface area contributed by atoms with Crippen molar-refractivity contribution >= 4 is 21.6 Å². The fourth-order valence-corrected chi connectivity index (χ4v) is 2.72. The van der Waals surface area contributed by atoms with Crippen molar-refractivity contribution in [1.82, 2.24) is 0 Å². The lowest BCUT2D eigenvalue weighted by atomic mass is 10.1. The molecule has 0 aromatic heterocycles. The third-order valence-corrected chi connectivity index (χ3v) is 3.55. The summed E-state index contributed by atoms with van der Waals surface area (Å²) in [6, 6.07) is 6.33. The minimum atomic E-state index is 0.573. The van der Waals surface area contributed by atoms with Crippen molar-refractivity contribution in [1.29, 1.82) is 0 Å². The number of halogens is 1. The molecule has 0 heterocycles. The Hall–Kier alpha value is -0.540. The van der Waals surface area contributed by atoms with E-state index in [0.717, 1.165) is 17.6 Å². The minimum absolute atomic E-state index is 0.573. The van der Waals surface area contributed by atoms with E-state index in [1.54, 1.807) is 0 Å². The van der Waals surface area contributed by atoms with E-state index in [1.807, 2.05) is 0 Å². The molecular formula is C15H25BrN2. The molecule has 0 unspecified atom stereocenters. The van der Waals surface area contributed by atoms with Crippen LogP contribution in [0, 0.1) is 11.8 Å². The van der Waals surface area contributed by atoms with Gasteiger partial charge in [0.1, 0.15) is 0 Å². The summed E-state index contributed by atoms with van der Waals surface area (Å²) in [6.45, 7) is 11.7. The molecule has 0 saturated carbocycles. The topological polar surface area (TPSA) is 29.3 Å². The molecule has 102 valence electrons. The molecule has 0 spiro atoms. The van der Waals surface area contributed by atoms with Crippen LogP contribution in [0.15, 0.2) is 22.7 Å². The Bertz CT molecular complexity index is 365. The minimum Gasteiger partial charge on any atom is -0.371 e. The first-order valence-electron chi connectivity index (χ1n) is 6.68. The predicted molar refractivity (Wildman–Crippen MR) is 83.9 cm³/mol. The molecule has 2 nitrogen and oxygen atoms in total. The van der Waals surface area contributed by atoms with Gasteiger partial charge in [0.25, 0.3) is 0 Å². The lowest BCUT2D eigenvalue weighted by molar-refractivity contribution is 0.551. The van der Waals surface area contributed by atoms with Crippen LogP contribution in [0.1, 0.15) is 33.3 Å². The number of nitrogens with two attached hydrogens (primary N) is 1. The van der Waals surface area contributed by atoms with Gasteiger partial charge < -0.3 is 10.6 Å². The molecule has 2 N–H and O–H groups in total. The van der Waals surface area contributed by atoms with Gasteiger partial charge in [-0.15, -0.1) is 0 Å². The highest BCUT2D eigenvalue weighted by Gasteiger charge is 2.15. The van der Waals surface area contributed by atoms with Crippen LogP contribution in [0.5, 0.6) is 0 Å². The van der Waals surface area contributed by atoms with Gasteiger partial charge in [-0.2, -0.15) is 0 Å². The molecule has 18 heavy (non-hydrogen) atoms. The largest absolute Gasteiger partial charge is 0.371 e. The van der Waals surface area contributed by atoms with Crippen LogP contribution in [0.3, 0.4) is 0 Å². The van der Waals surface area contributed by atoms with Gasteiger partial charge in [0.2, 0.25) is 0 Å². The molecule has 1 aromatic rings. The quantitative estimate of drug-likeness (QED) is 0.859. The number of rotatable bonds is 6. The molecular weight excluding hydrogens is 288 g/mol. The van der Waals surface area contributed by atoms with Gasteiger partial charge in [0, 0.05) is 35.4 Å². The van der Waals surface area contributed by atoms with Gasteiger partial charge in [-0.05, 0) is 24.0 Å². The zero-order chi connectivity index (χ0) is 13.7. The second kappa shape index (κ2) is 7.15. The van der Waals surface area contributed by atoms with E-state index < -0.39 is 0 Å². The summed E-state index contributed by atoms with van der Waals surface area (Å²) in [6.07, 6.45) is 0. The number of nitrogens with zero attached hydrogens (tertiary/aromatic N) is 1. The van der Waals surface area contributed by atoms with Gasteiger partial charge in [0.05, 0.1) is 0 Å². The summed E-state index contributed by atoms with van der Waals surface area (Å²) >= 11 is 3.60. The Balaban J connectivity index is 3.07. The maximum atomic E-state index is 5.89. The first-order chi connectivity index (χ1) is 8.45. The van der Waals surface area contributed by atoms with Crippen LogP contribution in [0.2, 0.25) is 0 Å². The standard InChI is InChI=1S/C15H25BrN2/c1-11(2)9-18(10-12(3)4)15-7-5-6-14(16)13(15)8-17/h5-7,11-12H,8-10,17H2,1-4H3. The third kappa shape index (κ3) is 4.29. The van der Waals surface area contributed by atoms with E-state index in [2.05, 4.69) is 66.7 Å². The molecule has 0 amide bonds. The van der Waals surface area contributed by atoms with Crippen LogP contribution in [0.4, 0.5) is 5.69 Å².